The van der Waals surface area contributed by atoms with Gasteiger partial charge in [0.15, 0.2) is 5.84 Å². The van der Waals surface area contributed by atoms with Crippen LogP contribution in [-0.4, -0.2) is 41.9 Å². The van der Waals surface area contributed by atoms with Gasteiger partial charge in [-0.3, -0.25) is 0 Å². The highest BCUT2D eigenvalue weighted by Crippen LogP contribution is 2.11. The van der Waals surface area contributed by atoms with Crippen molar-refractivity contribution in [2.24, 2.45) is 16.8 Å². The van der Waals surface area contributed by atoms with Crippen molar-refractivity contribution in [1.82, 2.24) is 5.32 Å². The summed E-state index contributed by atoms with van der Waals surface area (Å²) in [6, 6.07) is 6.98. The van der Waals surface area contributed by atoms with E-state index in [-0.39, 0.29) is 11.9 Å². The van der Waals surface area contributed by atoms with E-state index in [9.17, 15) is 5.11 Å². The lowest BCUT2D eigenvalue weighted by molar-refractivity contribution is 0.144. The lowest BCUT2D eigenvalue weighted by Crippen LogP contribution is -2.30. The van der Waals surface area contributed by atoms with Crippen LogP contribution in [0.1, 0.15) is 25.8 Å². The summed E-state index contributed by atoms with van der Waals surface area (Å²) < 4.78 is 5.55. The van der Waals surface area contributed by atoms with Gasteiger partial charge in [-0.1, -0.05) is 19.0 Å². The molecule has 0 spiro atoms. The summed E-state index contributed by atoms with van der Waals surface area (Å²) >= 11 is 0. The number of hydrogen-bond acceptors (Lipinski definition) is 5. The van der Waals surface area contributed by atoms with E-state index in [0.717, 1.165) is 6.42 Å². The van der Waals surface area contributed by atoms with Crippen molar-refractivity contribution >= 4 is 5.84 Å². The molecular weight excluding hydrogens is 270 g/mol. The molecule has 6 nitrogen and oxygen atoms in total. The van der Waals surface area contributed by atoms with E-state index >= 15 is 0 Å². The maximum Gasteiger partial charge on any atom is 0.170 e. The van der Waals surface area contributed by atoms with E-state index in [4.69, 9.17) is 15.7 Å². The molecule has 0 amide bonds. The van der Waals surface area contributed by atoms with Crippen LogP contribution in [0.2, 0.25) is 0 Å². The molecule has 0 aliphatic carbocycles. The highest BCUT2D eigenvalue weighted by Gasteiger charge is 2.05. The van der Waals surface area contributed by atoms with Crippen LogP contribution in [0.3, 0.4) is 0 Å². The van der Waals surface area contributed by atoms with Gasteiger partial charge in [0.05, 0.1) is 6.10 Å². The van der Waals surface area contributed by atoms with Crippen LogP contribution in [-0.2, 0) is 0 Å². The third kappa shape index (κ3) is 6.97. The van der Waals surface area contributed by atoms with Gasteiger partial charge in [0.2, 0.25) is 0 Å². The molecule has 118 valence electrons. The van der Waals surface area contributed by atoms with Gasteiger partial charge in [-0.2, -0.15) is 0 Å². The van der Waals surface area contributed by atoms with Gasteiger partial charge in [0.25, 0.3) is 0 Å². The smallest absolute Gasteiger partial charge is 0.170 e. The predicted octanol–water partition coefficient (Wildman–Crippen LogP) is 1.16. The average molecular weight is 295 g/mol. The monoisotopic (exact) mass is 295 g/mol. The molecule has 0 aliphatic heterocycles. The number of hydrogen-bond donors (Lipinski definition) is 4. The van der Waals surface area contributed by atoms with Crippen molar-refractivity contribution in [3.63, 3.8) is 0 Å². The summed E-state index contributed by atoms with van der Waals surface area (Å²) in [4.78, 5) is 0. The van der Waals surface area contributed by atoms with Crippen molar-refractivity contribution in [3.8, 4) is 5.75 Å². The van der Waals surface area contributed by atoms with Gasteiger partial charge in [0, 0.05) is 18.7 Å². The molecule has 21 heavy (non-hydrogen) atoms. The number of benzene rings is 1. The zero-order chi connectivity index (χ0) is 15.7. The first kappa shape index (κ1) is 17.3. The summed E-state index contributed by atoms with van der Waals surface area (Å²) in [7, 11) is 0. The van der Waals surface area contributed by atoms with Crippen molar-refractivity contribution in [3.05, 3.63) is 29.8 Å². The number of oxime groups is 1. The summed E-state index contributed by atoms with van der Waals surface area (Å²) in [5, 5.41) is 24.3. The van der Waals surface area contributed by atoms with Crippen LogP contribution < -0.4 is 15.8 Å². The van der Waals surface area contributed by atoms with E-state index in [1.807, 2.05) is 0 Å². The van der Waals surface area contributed by atoms with Gasteiger partial charge in [-0.25, -0.2) is 0 Å². The second-order valence-corrected chi connectivity index (χ2v) is 5.35. The third-order valence-corrected chi connectivity index (χ3v) is 2.93. The first-order valence-corrected chi connectivity index (χ1v) is 7.12. The number of aliphatic hydroxyl groups is 1. The Labute approximate surface area is 125 Å². The number of nitrogens with zero attached hydrogens (tertiary/aromatic N) is 1. The quantitative estimate of drug-likeness (QED) is 0.180. The number of nitrogens with two attached hydrogens (primary N) is 1. The number of amidine groups is 1. The topological polar surface area (TPSA) is 100 Å². The van der Waals surface area contributed by atoms with E-state index < -0.39 is 0 Å². The van der Waals surface area contributed by atoms with Gasteiger partial charge in [0.1, 0.15) is 12.4 Å². The van der Waals surface area contributed by atoms with Crippen molar-refractivity contribution in [2.45, 2.75) is 26.4 Å². The molecule has 1 unspecified atom stereocenters. The van der Waals surface area contributed by atoms with Crippen molar-refractivity contribution in [2.75, 3.05) is 19.7 Å². The molecule has 1 atom stereocenters. The Morgan fingerprint density at radius 3 is 2.57 bits per heavy atom. The average Bonchev–Trinajstić information content (AvgIpc) is 2.46. The van der Waals surface area contributed by atoms with Crippen LogP contribution in [0.5, 0.6) is 5.75 Å². The van der Waals surface area contributed by atoms with E-state index in [2.05, 4.69) is 24.3 Å². The van der Waals surface area contributed by atoms with Gasteiger partial charge in [-0.05, 0) is 36.6 Å². The molecule has 0 fully saturated rings. The van der Waals surface area contributed by atoms with Crippen LogP contribution in [0.4, 0.5) is 0 Å². The van der Waals surface area contributed by atoms with Crippen LogP contribution in [0, 0.1) is 5.92 Å². The minimum atomic E-state index is -0.315. The molecule has 5 N–H and O–H groups in total. The molecule has 0 radical (unpaired) electrons. The molecule has 1 rings (SSSR count). The Balaban J connectivity index is 2.21. The molecule has 1 aromatic carbocycles. The molecular formula is C15H25N3O3. The fourth-order valence-corrected chi connectivity index (χ4v) is 1.92. The normalized spacial score (nSPS) is 13.4. The van der Waals surface area contributed by atoms with E-state index in [1.54, 1.807) is 24.3 Å². The highest BCUT2D eigenvalue weighted by atomic mass is 16.5. The Kier molecular flexibility index (Phi) is 7.56. The van der Waals surface area contributed by atoms with Crippen molar-refractivity contribution in [1.29, 1.82) is 0 Å². The summed E-state index contributed by atoms with van der Waals surface area (Å²) in [5.41, 5.74) is 6.11. The maximum atomic E-state index is 9.70. The third-order valence-electron chi connectivity index (χ3n) is 2.93. The molecule has 0 saturated heterocycles. The summed E-state index contributed by atoms with van der Waals surface area (Å²) in [5.74, 6) is 1.28. The Hall–Kier alpha value is -1.79. The molecule has 6 heteroatoms. The van der Waals surface area contributed by atoms with E-state index in [1.165, 1.54) is 0 Å². The van der Waals surface area contributed by atoms with Gasteiger partial charge >= 0.3 is 0 Å². The Bertz CT molecular complexity index is 432. The molecule has 0 bridgehead atoms. The predicted molar refractivity (Wildman–Crippen MR) is 82.8 cm³/mol. The highest BCUT2D eigenvalue weighted by molar-refractivity contribution is 5.97. The van der Waals surface area contributed by atoms with Crippen LogP contribution in [0.25, 0.3) is 0 Å². The minimum absolute atomic E-state index is 0.0716. The molecule has 0 heterocycles. The lowest BCUT2D eigenvalue weighted by Gasteiger charge is -2.14. The zero-order valence-corrected chi connectivity index (χ0v) is 12.6. The largest absolute Gasteiger partial charge is 0.492 e. The molecule has 1 aromatic rings. The van der Waals surface area contributed by atoms with Gasteiger partial charge in [-0.15, -0.1) is 0 Å². The number of rotatable bonds is 9. The molecule has 0 saturated carbocycles. The second kappa shape index (κ2) is 9.20. The first-order chi connectivity index (χ1) is 10.0. The first-order valence-electron chi connectivity index (χ1n) is 7.12. The lowest BCUT2D eigenvalue weighted by atomic mass is 10.1. The fourth-order valence-electron chi connectivity index (χ4n) is 1.92. The number of nitrogens with one attached hydrogen (secondary N) is 1. The fraction of sp³-hybridized carbons (Fsp3) is 0.533. The van der Waals surface area contributed by atoms with Gasteiger partial charge < -0.3 is 26.1 Å². The number of ether oxygens (including phenoxy) is 1. The maximum absolute atomic E-state index is 9.70. The minimum Gasteiger partial charge on any atom is -0.492 e. The Morgan fingerprint density at radius 2 is 2.00 bits per heavy atom. The zero-order valence-electron chi connectivity index (χ0n) is 12.6. The summed E-state index contributed by atoms with van der Waals surface area (Å²) in [6.07, 6.45) is 0.480. The second-order valence-electron chi connectivity index (χ2n) is 5.35. The standard InChI is InChI=1S/C15H25N3O3/c1-11(2)9-13(19)10-17-7-8-21-14-5-3-12(4-6-14)15(16)18-20/h3-6,11,13,17,19-20H,7-10H2,1-2H3,(H2,16,18). The van der Waals surface area contributed by atoms with E-state index in [0.29, 0.717) is 36.9 Å². The molecule has 0 aromatic heterocycles. The Morgan fingerprint density at radius 1 is 1.33 bits per heavy atom. The number of aliphatic hydroxyl groups excluding tert-OH is 1. The van der Waals surface area contributed by atoms with Crippen LogP contribution in [0.15, 0.2) is 29.4 Å². The van der Waals surface area contributed by atoms with Crippen LogP contribution >= 0.6 is 0 Å². The summed E-state index contributed by atoms with van der Waals surface area (Å²) in [6.45, 7) is 5.92. The van der Waals surface area contributed by atoms with Crippen molar-refractivity contribution < 1.29 is 15.1 Å². The SMILES string of the molecule is CC(C)CC(O)CNCCOc1ccc(/C(N)=N/O)cc1. The molecule has 0 aliphatic rings.